The van der Waals surface area contributed by atoms with E-state index in [1.54, 1.807) is 0 Å². The molecule has 0 spiro atoms. The van der Waals surface area contributed by atoms with E-state index in [4.69, 9.17) is 0 Å². The predicted molar refractivity (Wildman–Crippen MR) is 86.1 cm³/mol. The molecule has 2 fully saturated rings. The van der Waals surface area contributed by atoms with Crippen LogP contribution in [0.4, 0.5) is 0 Å². The largest absolute Gasteiger partial charge is 0.342 e. The van der Waals surface area contributed by atoms with Crippen molar-refractivity contribution in [2.45, 2.75) is 40.0 Å². The number of likely N-dealkylation sites (tertiary alicyclic amines) is 2. The quantitative estimate of drug-likeness (QED) is 0.751. The minimum Gasteiger partial charge on any atom is -0.342 e. The zero-order valence-electron chi connectivity index (χ0n) is 14.0. The van der Waals surface area contributed by atoms with Crippen molar-refractivity contribution in [3.8, 4) is 0 Å². The van der Waals surface area contributed by atoms with Crippen molar-refractivity contribution in [3.05, 3.63) is 12.2 Å². The van der Waals surface area contributed by atoms with Gasteiger partial charge in [-0.15, -0.1) is 0 Å². The van der Waals surface area contributed by atoms with Gasteiger partial charge in [0.05, 0.1) is 11.3 Å². The van der Waals surface area contributed by atoms with Crippen molar-refractivity contribution in [1.29, 1.82) is 0 Å². The van der Waals surface area contributed by atoms with Crippen molar-refractivity contribution in [3.63, 3.8) is 0 Å². The number of fused-ring (bicyclic) bond motifs is 1. The number of hydrogen-bond donors (Lipinski definition) is 0. The lowest BCUT2D eigenvalue weighted by Crippen LogP contribution is -2.44. The van der Waals surface area contributed by atoms with E-state index in [2.05, 4.69) is 32.9 Å². The van der Waals surface area contributed by atoms with Gasteiger partial charge in [-0.2, -0.15) is 0 Å². The molecule has 2 heterocycles. The van der Waals surface area contributed by atoms with Crippen molar-refractivity contribution >= 4 is 11.8 Å². The molecule has 4 heteroatoms. The van der Waals surface area contributed by atoms with E-state index in [0.717, 1.165) is 38.9 Å². The Kier molecular flexibility index (Phi) is 4.04. The lowest BCUT2D eigenvalue weighted by atomic mass is 9.78. The summed E-state index contributed by atoms with van der Waals surface area (Å²) in [5, 5.41) is 0. The maximum Gasteiger partial charge on any atom is 0.228 e. The Morgan fingerprint density at radius 1 is 1.32 bits per heavy atom. The Labute approximate surface area is 133 Å². The van der Waals surface area contributed by atoms with E-state index in [1.807, 2.05) is 9.80 Å². The molecule has 0 aromatic rings. The molecule has 2 amide bonds. The van der Waals surface area contributed by atoms with E-state index >= 15 is 0 Å². The Morgan fingerprint density at radius 3 is 2.68 bits per heavy atom. The highest BCUT2D eigenvalue weighted by atomic mass is 16.2. The maximum atomic E-state index is 12.9. The average molecular weight is 304 g/mol. The third kappa shape index (κ3) is 2.68. The molecule has 1 aliphatic carbocycles. The van der Waals surface area contributed by atoms with Crippen LogP contribution in [-0.2, 0) is 9.59 Å². The molecule has 3 atom stereocenters. The molecule has 0 aromatic heterocycles. The maximum absolute atomic E-state index is 12.9. The van der Waals surface area contributed by atoms with Crippen LogP contribution in [0.1, 0.15) is 40.0 Å². The van der Waals surface area contributed by atoms with Gasteiger partial charge in [-0.1, -0.05) is 32.9 Å². The first-order valence-electron chi connectivity index (χ1n) is 8.64. The van der Waals surface area contributed by atoms with Gasteiger partial charge in [0.1, 0.15) is 0 Å². The van der Waals surface area contributed by atoms with Crippen LogP contribution >= 0.6 is 0 Å². The molecule has 0 radical (unpaired) electrons. The summed E-state index contributed by atoms with van der Waals surface area (Å²) >= 11 is 0. The number of rotatable bonds is 3. The highest BCUT2D eigenvalue weighted by Gasteiger charge is 2.49. The predicted octanol–water partition coefficient (Wildman–Crippen LogP) is 2.31. The van der Waals surface area contributed by atoms with E-state index in [1.165, 1.54) is 0 Å². The molecule has 0 N–H and O–H groups in total. The lowest BCUT2D eigenvalue weighted by molar-refractivity contribution is -0.141. The van der Waals surface area contributed by atoms with Gasteiger partial charge < -0.3 is 9.80 Å². The number of allylic oxidation sites excluding steroid dienone is 2. The van der Waals surface area contributed by atoms with E-state index in [0.29, 0.717) is 18.4 Å². The molecule has 4 nitrogen and oxygen atoms in total. The highest BCUT2D eigenvalue weighted by molar-refractivity contribution is 5.86. The summed E-state index contributed by atoms with van der Waals surface area (Å²) in [4.78, 5) is 29.4. The summed E-state index contributed by atoms with van der Waals surface area (Å²) in [5.74, 6) is 1.42. The second kappa shape index (κ2) is 5.71. The molecule has 0 saturated carbocycles. The molecular formula is C18H28N2O2. The summed E-state index contributed by atoms with van der Waals surface area (Å²) in [6.07, 6.45) is 7.06. The minimum atomic E-state index is -0.256. The number of amides is 2. The van der Waals surface area contributed by atoms with Crippen molar-refractivity contribution in [2.24, 2.45) is 23.2 Å². The Hall–Kier alpha value is -1.32. The topological polar surface area (TPSA) is 40.6 Å². The summed E-state index contributed by atoms with van der Waals surface area (Å²) in [6.45, 7) is 9.47. The molecule has 22 heavy (non-hydrogen) atoms. The summed E-state index contributed by atoms with van der Waals surface area (Å²) in [6, 6.07) is 0. The lowest BCUT2D eigenvalue weighted by Gasteiger charge is -2.34. The molecule has 2 aliphatic heterocycles. The van der Waals surface area contributed by atoms with Crippen LogP contribution < -0.4 is 0 Å². The van der Waals surface area contributed by atoms with Crippen LogP contribution in [0.5, 0.6) is 0 Å². The van der Waals surface area contributed by atoms with Crippen LogP contribution in [0.25, 0.3) is 0 Å². The first kappa shape index (κ1) is 15.6. The van der Waals surface area contributed by atoms with Gasteiger partial charge in [0.2, 0.25) is 11.8 Å². The van der Waals surface area contributed by atoms with Crippen LogP contribution in [0, 0.1) is 23.2 Å². The van der Waals surface area contributed by atoms with E-state index in [9.17, 15) is 9.59 Å². The number of carbonyl (C=O) groups is 2. The van der Waals surface area contributed by atoms with Gasteiger partial charge in [0.15, 0.2) is 0 Å². The summed E-state index contributed by atoms with van der Waals surface area (Å²) in [7, 11) is 0. The third-order valence-corrected chi connectivity index (χ3v) is 5.51. The van der Waals surface area contributed by atoms with Gasteiger partial charge in [0.25, 0.3) is 0 Å². The van der Waals surface area contributed by atoms with Crippen LogP contribution in [0.15, 0.2) is 12.2 Å². The zero-order chi connectivity index (χ0) is 15.9. The molecule has 0 aromatic carbocycles. The second-order valence-electron chi connectivity index (χ2n) is 7.99. The molecule has 3 aliphatic rings. The first-order valence-corrected chi connectivity index (χ1v) is 8.64. The van der Waals surface area contributed by atoms with Crippen molar-refractivity contribution in [2.75, 3.05) is 26.2 Å². The Balaban J connectivity index is 1.64. The molecule has 0 bridgehead atoms. The van der Waals surface area contributed by atoms with Gasteiger partial charge in [-0.25, -0.2) is 0 Å². The number of nitrogens with zero attached hydrogens (tertiary/aromatic N) is 2. The Morgan fingerprint density at radius 2 is 2.09 bits per heavy atom. The van der Waals surface area contributed by atoms with Gasteiger partial charge in [-0.05, 0) is 25.2 Å². The molecule has 3 rings (SSSR count). The van der Waals surface area contributed by atoms with Crippen molar-refractivity contribution < 1.29 is 9.59 Å². The number of hydrogen-bond acceptors (Lipinski definition) is 2. The average Bonchev–Trinajstić information content (AvgIpc) is 2.99. The fraction of sp³-hybridized carbons (Fsp3) is 0.778. The number of carbonyl (C=O) groups excluding carboxylic acids is 2. The summed E-state index contributed by atoms with van der Waals surface area (Å²) in [5.41, 5.74) is -0.256. The molecule has 2 saturated heterocycles. The molecule has 122 valence electrons. The second-order valence-corrected chi connectivity index (χ2v) is 7.99. The molecule has 1 unspecified atom stereocenters. The fourth-order valence-corrected chi connectivity index (χ4v) is 4.26. The van der Waals surface area contributed by atoms with E-state index < -0.39 is 0 Å². The van der Waals surface area contributed by atoms with Crippen LogP contribution in [0.3, 0.4) is 0 Å². The Bertz CT molecular complexity index is 499. The van der Waals surface area contributed by atoms with Gasteiger partial charge in [-0.3, -0.25) is 9.59 Å². The zero-order valence-corrected chi connectivity index (χ0v) is 14.0. The minimum absolute atomic E-state index is 0.0467. The van der Waals surface area contributed by atoms with Crippen molar-refractivity contribution in [1.82, 2.24) is 9.80 Å². The van der Waals surface area contributed by atoms with Crippen LogP contribution in [-0.4, -0.2) is 47.8 Å². The third-order valence-electron chi connectivity index (χ3n) is 5.51. The standard InChI is InChI=1S/C18H28N2O2/c1-13(2)9-19-10-14-11-20(12-15(14)16(19)21)17(22)18(3)7-5-4-6-8-18/h4-5,13-15H,6-12H2,1-3H3/t14-,15+,18?/m1/s1. The summed E-state index contributed by atoms with van der Waals surface area (Å²) < 4.78 is 0. The normalized spacial score (nSPS) is 34.6. The smallest absolute Gasteiger partial charge is 0.228 e. The first-order chi connectivity index (χ1) is 10.4. The fourth-order valence-electron chi connectivity index (χ4n) is 4.26. The highest BCUT2D eigenvalue weighted by Crippen LogP contribution is 2.39. The SMILES string of the molecule is CC(C)CN1C[C@@H]2CN(C(=O)C3(C)CC=CCC3)C[C@@H]2C1=O. The van der Waals surface area contributed by atoms with Gasteiger partial charge >= 0.3 is 0 Å². The molecular weight excluding hydrogens is 276 g/mol. The van der Waals surface area contributed by atoms with Crippen LogP contribution in [0.2, 0.25) is 0 Å². The monoisotopic (exact) mass is 304 g/mol. The van der Waals surface area contributed by atoms with E-state index in [-0.39, 0.29) is 23.1 Å². The van der Waals surface area contributed by atoms with Gasteiger partial charge in [0, 0.05) is 32.1 Å².